The van der Waals surface area contributed by atoms with Crippen LogP contribution in [0.15, 0.2) is 53.6 Å². The normalized spacial score (nSPS) is 23.3. The third-order valence-electron chi connectivity index (χ3n) is 5.00. The van der Waals surface area contributed by atoms with Gasteiger partial charge in [0.15, 0.2) is 11.4 Å². The minimum absolute atomic E-state index is 0.0850. The van der Waals surface area contributed by atoms with Gasteiger partial charge in [-0.1, -0.05) is 24.3 Å². The molecule has 30 heavy (non-hydrogen) atoms. The number of nitrogens with zero attached hydrogens (tertiary/aromatic N) is 3. The van der Waals surface area contributed by atoms with Crippen molar-refractivity contribution in [3.63, 3.8) is 0 Å². The predicted octanol–water partition coefficient (Wildman–Crippen LogP) is 3.10. The summed E-state index contributed by atoms with van der Waals surface area (Å²) in [4.78, 5) is 19.1. The van der Waals surface area contributed by atoms with Crippen LogP contribution in [0, 0.1) is 11.3 Å². The van der Waals surface area contributed by atoms with Gasteiger partial charge >= 0.3 is 0 Å². The van der Waals surface area contributed by atoms with Crippen molar-refractivity contribution in [3.05, 3.63) is 59.1 Å². The molecule has 1 aromatic heterocycles. The van der Waals surface area contributed by atoms with Crippen molar-refractivity contribution in [2.45, 2.75) is 25.2 Å². The van der Waals surface area contributed by atoms with Crippen LogP contribution in [0.3, 0.4) is 0 Å². The van der Waals surface area contributed by atoms with Gasteiger partial charge in [0.1, 0.15) is 11.8 Å². The molecule has 2 N–H and O–H groups in total. The second-order valence-electron chi connectivity index (χ2n) is 7.22. The van der Waals surface area contributed by atoms with E-state index in [4.69, 9.17) is 10.00 Å². The first kappa shape index (κ1) is 20.1. The number of carbonyl (C=O) groups is 1. The van der Waals surface area contributed by atoms with E-state index in [-0.39, 0.29) is 18.2 Å². The van der Waals surface area contributed by atoms with E-state index >= 15 is 0 Å². The number of hydrogen-bond donors (Lipinski definition) is 2. The number of amides is 1. The molecular weight excluding hydrogens is 398 g/mol. The second-order valence-corrected chi connectivity index (χ2v) is 8.08. The number of epoxide rings is 1. The lowest BCUT2D eigenvalue weighted by Gasteiger charge is -2.22. The summed E-state index contributed by atoms with van der Waals surface area (Å²) in [7, 11) is 1.94. The van der Waals surface area contributed by atoms with Gasteiger partial charge in [0.2, 0.25) is 0 Å². The molecule has 2 aliphatic heterocycles. The highest BCUT2D eigenvalue weighted by atomic mass is 32.1. The van der Waals surface area contributed by atoms with E-state index in [1.165, 1.54) is 11.3 Å². The number of hydrogen-bond acceptors (Lipinski definition) is 7. The molecule has 2 unspecified atom stereocenters. The van der Waals surface area contributed by atoms with E-state index < -0.39 is 0 Å². The number of likely N-dealkylation sites (N-methyl/N-ethyl adjacent to an activating group) is 1. The minimum Gasteiger partial charge on any atom is -0.370 e. The van der Waals surface area contributed by atoms with Crippen LogP contribution in [0.25, 0.3) is 11.3 Å². The SMILES string of the molecule is CN1CCC/C=C/C=C\1C(=O)NCC1OC1Nc1nc(-c2cccc(C#N)c2)cs1. The van der Waals surface area contributed by atoms with Gasteiger partial charge in [-0.05, 0) is 31.1 Å². The Kier molecular flexibility index (Phi) is 6.12. The van der Waals surface area contributed by atoms with Crippen LogP contribution < -0.4 is 10.6 Å². The van der Waals surface area contributed by atoms with Crippen molar-refractivity contribution in [2.24, 2.45) is 0 Å². The molecule has 1 saturated heterocycles. The standard InChI is InChI=1S/C22H23N5O2S/c1-27-10-5-3-2-4-9-18(27)20(28)24-13-19-21(29-19)26-22-25-17(14-30-22)16-8-6-7-15(11-16)12-23/h2,4,6-9,11,14,19,21H,3,5,10,13H2,1H3,(H,24,28)(H,25,26)/b4-2+,18-9-. The zero-order valence-corrected chi connectivity index (χ0v) is 17.5. The summed E-state index contributed by atoms with van der Waals surface area (Å²) in [6, 6.07) is 9.52. The fourth-order valence-electron chi connectivity index (χ4n) is 3.25. The maximum Gasteiger partial charge on any atom is 0.267 e. The molecule has 8 heteroatoms. The van der Waals surface area contributed by atoms with Crippen molar-refractivity contribution < 1.29 is 9.53 Å². The molecule has 0 radical (unpaired) electrons. The van der Waals surface area contributed by atoms with Crippen LogP contribution in [0.5, 0.6) is 0 Å². The van der Waals surface area contributed by atoms with Crippen LogP contribution in [0.1, 0.15) is 18.4 Å². The largest absolute Gasteiger partial charge is 0.370 e. The van der Waals surface area contributed by atoms with Gasteiger partial charge in [-0.3, -0.25) is 4.79 Å². The molecular formula is C22H23N5O2S. The van der Waals surface area contributed by atoms with Crippen LogP contribution in [0.4, 0.5) is 5.13 Å². The molecule has 1 fully saturated rings. The molecule has 1 aromatic carbocycles. The first-order valence-corrected chi connectivity index (χ1v) is 10.8. The van der Waals surface area contributed by atoms with Gasteiger partial charge in [0, 0.05) is 31.1 Å². The Bertz CT molecular complexity index is 1020. The Balaban J connectivity index is 1.28. The van der Waals surface area contributed by atoms with E-state index in [1.807, 2.05) is 47.7 Å². The monoisotopic (exact) mass is 421 g/mol. The lowest BCUT2D eigenvalue weighted by molar-refractivity contribution is -0.118. The third kappa shape index (κ3) is 4.87. The van der Waals surface area contributed by atoms with E-state index in [0.29, 0.717) is 17.8 Å². The number of ether oxygens (including phenoxy) is 1. The zero-order valence-electron chi connectivity index (χ0n) is 16.7. The summed E-state index contributed by atoms with van der Waals surface area (Å²) in [6.45, 7) is 1.30. The number of nitriles is 1. The number of allylic oxidation sites excluding steroid dienone is 3. The maximum absolute atomic E-state index is 12.5. The molecule has 4 rings (SSSR count). The smallest absolute Gasteiger partial charge is 0.267 e. The van der Waals surface area contributed by atoms with E-state index in [2.05, 4.69) is 27.8 Å². The molecule has 2 aliphatic rings. The van der Waals surface area contributed by atoms with Gasteiger partial charge in [0.25, 0.3) is 5.91 Å². The van der Waals surface area contributed by atoms with E-state index in [9.17, 15) is 4.79 Å². The summed E-state index contributed by atoms with van der Waals surface area (Å²) in [6.07, 6.45) is 7.69. The van der Waals surface area contributed by atoms with Crippen LogP contribution in [-0.2, 0) is 9.53 Å². The number of anilines is 1. The average Bonchev–Trinajstić information content (AvgIpc) is 3.31. The summed E-state index contributed by atoms with van der Waals surface area (Å²) in [5.41, 5.74) is 3.00. The van der Waals surface area contributed by atoms with E-state index in [1.54, 1.807) is 6.07 Å². The molecule has 0 aliphatic carbocycles. The number of nitrogens with one attached hydrogen (secondary N) is 2. The lowest BCUT2D eigenvalue weighted by Crippen LogP contribution is -2.36. The third-order valence-corrected chi connectivity index (χ3v) is 5.78. The highest BCUT2D eigenvalue weighted by Gasteiger charge is 2.39. The molecule has 0 saturated carbocycles. The van der Waals surface area contributed by atoms with Crippen LogP contribution in [0.2, 0.25) is 0 Å². The Morgan fingerprint density at radius 2 is 2.37 bits per heavy atom. The van der Waals surface area contributed by atoms with E-state index in [0.717, 1.165) is 35.8 Å². The Hall–Kier alpha value is -3.15. The fraction of sp³-hybridized carbons (Fsp3) is 0.318. The zero-order chi connectivity index (χ0) is 20.9. The van der Waals surface area contributed by atoms with Crippen molar-refractivity contribution >= 4 is 22.4 Å². The van der Waals surface area contributed by atoms with Crippen LogP contribution >= 0.6 is 11.3 Å². The number of benzene rings is 1. The quantitative estimate of drug-likeness (QED) is 0.696. The maximum atomic E-state index is 12.5. The minimum atomic E-state index is -0.168. The fourth-order valence-corrected chi connectivity index (χ4v) is 4.00. The summed E-state index contributed by atoms with van der Waals surface area (Å²) in [5.74, 6) is -0.0905. The highest BCUT2D eigenvalue weighted by molar-refractivity contribution is 7.14. The van der Waals surface area contributed by atoms with Gasteiger partial charge in [-0.25, -0.2) is 4.98 Å². The topological polar surface area (TPSA) is 93.6 Å². The molecule has 2 aromatic rings. The predicted molar refractivity (Wildman–Crippen MR) is 117 cm³/mol. The van der Waals surface area contributed by atoms with Gasteiger partial charge < -0.3 is 20.3 Å². The molecule has 3 heterocycles. The lowest BCUT2D eigenvalue weighted by atomic mass is 10.1. The Labute approximate surface area is 179 Å². The van der Waals surface area contributed by atoms with Crippen LogP contribution in [-0.4, -0.2) is 48.3 Å². The summed E-state index contributed by atoms with van der Waals surface area (Å²) in [5, 5.41) is 17.9. The van der Waals surface area contributed by atoms with Gasteiger partial charge in [-0.2, -0.15) is 5.26 Å². The highest BCUT2D eigenvalue weighted by Crippen LogP contribution is 2.29. The summed E-state index contributed by atoms with van der Waals surface area (Å²) < 4.78 is 5.63. The molecule has 1 amide bonds. The molecule has 2 atom stereocenters. The average molecular weight is 422 g/mol. The van der Waals surface area contributed by atoms with Crippen molar-refractivity contribution in [1.29, 1.82) is 5.26 Å². The number of aromatic nitrogens is 1. The second kappa shape index (κ2) is 9.11. The van der Waals surface area contributed by atoms with Gasteiger partial charge in [-0.15, -0.1) is 11.3 Å². The van der Waals surface area contributed by atoms with Crippen molar-refractivity contribution in [2.75, 3.05) is 25.5 Å². The first-order chi connectivity index (χ1) is 14.6. The van der Waals surface area contributed by atoms with Crippen molar-refractivity contribution in [1.82, 2.24) is 15.2 Å². The Morgan fingerprint density at radius 1 is 1.47 bits per heavy atom. The first-order valence-electron chi connectivity index (χ1n) is 9.88. The Morgan fingerprint density at radius 3 is 3.23 bits per heavy atom. The molecule has 154 valence electrons. The summed E-state index contributed by atoms with van der Waals surface area (Å²) >= 11 is 1.48. The van der Waals surface area contributed by atoms with Crippen molar-refractivity contribution in [3.8, 4) is 17.3 Å². The molecule has 0 bridgehead atoms. The molecule has 7 nitrogen and oxygen atoms in total. The van der Waals surface area contributed by atoms with Gasteiger partial charge in [0.05, 0.1) is 17.3 Å². The number of thiazole rings is 1. The molecule has 0 spiro atoms. The number of carbonyl (C=O) groups excluding carboxylic acids is 1. The number of rotatable bonds is 6.